The Bertz CT molecular complexity index is 696. The number of hydrogen-bond donors (Lipinski definition) is 2. The highest BCUT2D eigenvalue weighted by atomic mass is 16.8. The van der Waals surface area contributed by atoms with Crippen LogP contribution in [0.3, 0.4) is 0 Å². The van der Waals surface area contributed by atoms with E-state index in [0.29, 0.717) is 6.42 Å². The number of fused-ring (bicyclic) bond motifs is 1. The molecule has 5 aliphatic rings. The minimum absolute atomic E-state index is 0.102. The Hall–Kier alpha value is -1.17. The molecule has 0 radical (unpaired) electrons. The molecular formula is C20H26O5. The average Bonchev–Trinajstić information content (AvgIpc) is 2.95. The zero-order valence-electron chi connectivity index (χ0n) is 14.8. The number of carbonyl (C=O) groups is 1. The van der Waals surface area contributed by atoms with Gasteiger partial charge in [0.05, 0.1) is 11.5 Å². The Morgan fingerprint density at radius 2 is 2.04 bits per heavy atom. The van der Waals surface area contributed by atoms with Gasteiger partial charge in [0.1, 0.15) is 5.41 Å². The third-order valence-corrected chi connectivity index (χ3v) is 7.96. The van der Waals surface area contributed by atoms with Crippen molar-refractivity contribution in [1.29, 1.82) is 0 Å². The van der Waals surface area contributed by atoms with Crippen LogP contribution in [0.5, 0.6) is 0 Å². The van der Waals surface area contributed by atoms with Gasteiger partial charge in [-0.3, -0.25) is 4.79 Å². The molecule has 136 valence electrons. The first-order valence-corrected chi connectivity index (χ1v) is 9.34. The predicted molar refractivity (Wildman–Crippen MR) is 88.8 cm³/mol. The molecule has 0 aromatic heterocycles. The number of allylic oxidation sites excluding steroid dienone is 1. The molecule has 4 fully saturated rings. The molecule has 0 aromatic carbocycles. The van der Waals surface area contributed by atoms with Crippen LogP contribution in [0.2, 0.25) is 0 Å². The lowest BCUT2D eigenvalue weighted by molar-refractivity contribution is -0.256. The number of hydrogen-bond acceptors (Lipinski definition) is 5. The van der Waals surface area contributed by atoms with Crippen molar-refractivity contribution in [3.8, 4) is 0 Å². The number of carbonyl (C=O) groups excluding carboxylic acids is 1. The highest BCUT2D eigenvalue weighted by Gasteiger charge is 2.77. The van der Waals surface area contributed by atoms with Crippen LogP contribution in [-0.4, -0.2) is 34.9 Å². The zero-order chi connectivity index (χ0) is 17.8. The van der Waals surface area contributed by atoms with Gasteiger partial charge >= 0.3 is 5.97 Å². The minimum Gasteiger partial charge on any atom is -0.434 e. The van der Waals surface area contributed by atoms with Gasteiger partial charge < -0.3 is 19.7 Å². The molecule has 3 aliphatic carbocycles. The van der Waals surface area contributed by atoms with Gasteiger partial charge in [0, 0.05) is 5.92 Å². The van der Waals surface area contributed by atoms with Gasteiger partial charge in [0.25, 0.3) is 0 Å². The molecule has 25 heavy (non-hydrogen) atoms. The highest BCUT2D eigenvalue weighted by molar-refractivity contribution is 5.82. The standard InChI is InChI=1S/C20H26O5/c1-10-11-5-6-12-19-8-4-7-18(2,3)13(19)15(22)24-17(19)25-16(23)20(12,9-11)14(10)21/h4,8,11-15,17,21-22H,1,5-7,9H2,2-3H3. The highest BCUT2D eigenvalue weighted by Crippen LogP contribution is 2.71. The quantitative estimate of drug-likeness (QED) is 0.519. The lowest BCUT2D eigenvalue weighted by Gasteiger charge is -2.58. The second-order valence-corrected chi connectivity index (χ2v) is 9.39. The third kappa shape index (κ3) is 1.59. The van der Waals surface area contributed by atoms with E-state index in [4.69, 9.17) is 9.47 Å². The van der Waals surface area contributed by atoms with Crippen LogP contribution in [0.4, 0.5) is 0 Å². The Morgan fingerprint density at radius 3 is 2.80 bits per heavy atom. The monoisotopic (exact) mass is 346 g/mol. The number of esters is 1. The largest absolute Gasteiger partial charge is 0.434 e. The molecule has 2 N–H and O–H groups in total. The first-order valence-electron chi connectivity index (χ1n) is 9.34. The van der Waals surface area contributed by atoms with Crippen molar-refractivity contribution in [2.24, 2.45) is 34.0 Å². The number of ether oxygens (including phenoxy) is 2. The predicted octanol–water partition coefficient (Wildman–Crippen LogP) is 2.14. The van der Waals surface area contributed by atoms with E-state index in [1.165, 1.54) is 0 Å². The summed E-state index contributed by atoms with van der Waals surface area (Å²) in [6.07, 6.45) is 4.83. The molecule has 8 unspecified atom stereocenters. The van der Waals surface area contributed by atoms with Gasteiger partial charge in [-0.05, 0) is 48.5 Å². The van der Waals surface area contributed by atoms with Crippen LogP contribution < -0.4 is 0 Å². The molecule has 5 rings (SSSR count). The van der Waals surface area contributed by atoms with E-state index in [9.17, 15) is 15.0 Å². The Morgan fingerprint density at radius 1 is 1.28 bits per heavy atom. The maximum atomic E-state index is 13.0. The second-order valence-electron chi connectivity index (χ2n) is 9.39. The van der Waals surface area contributed by atoms with E-state index in [-0.39, 0.29) is 29.1 Å². The van der Waals surface area contributed by atoms with Crippen molar-refractivity contribution in [3.05, 3.63) is 24.3 Å². The Kier molecular flexibility index (Phi) is 2.93. The zero-order valence-corrected chi connectivity index (χ0v) is 14.8. The van der Waals surface area contributed by atoms with Gasteiger partial charge in [-0.15, -0.1) is 0 Å². The smallest absolute Gasteiger partial charge is 0.317 e. The lowest BCUT2D eigenvalue weighted by Crippen LogP contribution is -2.64. The van der Waals surface area contributed by atoms with Crippen molar-refractivity contribution in [2.75, 3.05) is 0 Å². The Labute approximate surface area is 147 Å². The van der Waals surface area contributed by atoms with Crippen LogP contribution in [-0.2, 0) is 14.3 Å². The fraction of sp³-hybridized carbons (Fsp3) is 0.750. The lowest BCUT2D eigenvalue weighted by atomic mass is 9.46. The summed E-state index contributed by atoms with van der Waals surface area (Å²) in [5.74, 6) is -0.469. The maximum absolute atomic E-state index is 13.0. The molecule has 0 amide bonds. The number of rotatable bonds is 0. The number of aliphatic hydroxyl groups excluding tert-OH is 2. The van der Waals surface area contributed by atoms with Crippen molar-refractivity contribution >= 4 is 5.97 Å². The first-order chi connectivity index (χ1) is 11.7. The van der Waals surface area contributed by atoms with Crippen molar-refractivity contribution in [1.82, 2.24) is 0 Å². The van der Waals surface area contributed by atoms with Crippen molar-refractivity contribution < 1.29 is 24.5 Å². The maximum Gasteiger partial charge on any atom is 0.317 e. The topological polar surface area (TPSA) is 76.0 Å². The molecule has 2 aliphatic heterocycles. The van der Waals surface area contributed by atoms with Crippen molar-refractivity contribution in [2.45, 2.75) is 58.2 Å². The van der Waals surface area contributed by atoms with Crippen LogP contribution in [0.15, 0.2) is 24.3 Å². The summed E-state index contributed by atoms with van der Waals surface area (Å²) in [7, 11) is 0. The molecular weight excluding hydrogens is 320 g/mol. The SMILES string of the molecule is C=C1C2CCC3C(C2)(C(=O)OC2OC(O)C4C(C)(C)CC=CC243)C1O. The van der Waals surface area contributed by atoms with E-state index < -0.39 is 29.5 Å². The summed E-state index contributed by atoms with van der Waals surface area (Å²) in [5.41, 5.74) is -0.930. The molecule has 2 saturated heterocycles. The molecule has 2 bridgehead atoms. The van der Waals surface area contributed by atoms with E-state index in [1.807, 2.05) is 0 Å². The second kappa shape index (κ2) is 4.56. The van der Waals surface area contributed by atoms with Crippen molar-refractivity contribution in [3.63, 3.8) is 0 Å². The summed E-state index contributed by atoms with van der Waals surface area (Å²) in [4.78, 5) is 13.0. The van der Waals surface area contributed by atoms with E-state index in [2.05, 4.69) is 32.6 Å². The molecule has 8 atom stereocenters. The molecule has 2 heterocycles. The van der Waals surface area contributed by atoms with Crippen LogP contribution in [0, 0.1) is 34.0 Å². The van der Waals surface area contributed by atoms with Gasteiger partial charge in [-0.1, -0.05) is 32.6 Å². The summed E-state index contributed by atoms with van der Waals surface area (Å²) in [5, 5.41) is 21.7. The molecule has 5 nitrogen and oxygen atoms in total. The summed E-state index contributed by atoms with van der Waals surface area (Å²) >= 11 is 0. The van der Waals surface area contributed by atoms with E-state index >= 15 is 0 Å². The molecule has 0 aromatic rings. The van der Waals surface area contributed by atoms with Gasteiger partial charge in [0.2, 0.25) is 6.29 Å². The van der Waals surface area contributed by atoms with E-state index in [1.54, 1.807) is 0 Å². The third-order valence-electron chi connectivity index (χ3n) is 7.96. The van der Waals surface area contributed by atoms with Crippen LogP contribution in [0.1, 0.15) is 39.5 Å². The Balaban J connectivity index is 1.73. The van der Waals surface area contributed by atoms with E-state index in [0.717, 1.165) is 24.8 Å². The first kappa shape index (κ1) is 16.0. The summed E-state index contributed by atoms with van der Waals surface area (Å²) in [6, 6.07) is 0. The van der Waals surface area contributed by atoms with Gasteiger partial charge in [-0.25, -0.2) is 0 Å². The van der Waals surface area contributed by atoms with Crippen LogP contribution >= 0.6 is 0 Å². The van der Waals surface area contributed by atoms with Crippen LogP contribution in [0.25, 0.3) is 0 Å². The molecule has 5 heteroatoms. The van der Waals surface area contributed by atoms with Gasteiger partial charge in [-0.2, -0.15) is 0 Å². The summed E-state index contributed by atoms with van der Waals surface area (Å²) < 4.78 is 11.6. The molecule has 2 spiro atoms. The normalized spacial score (nSPS) is 55.4. The molecule has 2 saturated carbocycles. The van der Waals surface area contributed by atoms with Gasteiger partial charge in [0.15, 0.2) is 6.29 Å². The minimum atomic E-state index is -0.965. The fourth-order valence-electron chi connectivity index (χ4n) is 6.97. The number of aliphatic hydroxyl groups is 2. The fourth-order valence-corrected chi connectivity index (χ4v) is 6.97. The average molecular weight is 346 g/mol. The summed E-state index contributed by atoms with van der Waals surface area (Å²) in [6.45, 7) is 8.34.